The third kappa shape index (κ3) is 6.96. The van der Waals surface area contributed by atoms with Crippen LogP contribution in [-0.2, 0) is 5.41 Å². The summed E-state index contributed by atoms with van der Waals surface area (Å²) in [6.45, 7) is 4.70. The Morgan fingerprint density at radius 2 is 0.914 bits per heavy atom. The van der Waals surface area contributed by atoms with Crippen molar-refractivity contribution in [1.29, 1.82) is 0 Å². The number of hydrogen-bond acceptors (Lipinski definition) is 2. The maximum Gasteiger partial charge on any atom is 0.0544 e. The number of para-hydroxylation sites is 2. The zero-order valence-corrected chi connectivity index (χ0v) is 39.4. The lowest BCUT2D eigenvalue weighted by Gasteiger charge is -2.27. The van der Waals surface area contributed by atoms with Crippen LogP contribution in [0, 0.1) is 0 Å². The van der Waals surface area contributed by atoms with E-state index in [1.54, 1.807) is 0 Å². The number of aromatic nitrogens is 1. The van der Waals surface area contributed by atoms with Crippen molar-refractivity contribution in [3.8, 4) is 33.4 Å². The van der Waals surface area contributed by atoms with Crippen molar-refractivity contribution in [2.75, 3.05) is 9.80 Å². The molecule has 0 saturated heterocycles. The largest absolute Gasteiger partial charge is 0.313 e. The van der Waals surface area contributed by atoms with Gasteiger partial charge in [0.15, 0.2) is 0 Å². The minimum Gasteiger partial charge on any atom is -0.313 e. The van der Waals surface area contributed by atoms with Gasteiger partial charge >= 0.3 is 0 Å². The maximum atomic E-state index is 2.49. The third-order valence-corrected chi connectivity index (χ3v) is 14.8. The topological polar surface area (TPSA) is 11.4 Å². The van der Waals surface area contributed by atoms with Gasteiger partial charge in [0.25, 0.3) is 0 Å². The van der Waals surface area contributed by atoms with Crippen molar-refractivity contribution < 1.29 is 0 Å². The molecule has 11 aromatic rings. The number of nitrogens with zero attached hydrogens (tertiary/aromatic N) is 3. The van der Waals surface area contributed by atoms with Crippen molar-refractivity contribution in [2.45, 2.75) is 32.1 Å². The quantitative estimate of drug-likeness (QED) is 0.143. The number of rotatable bonds is 9. The molecule has 0 atom stereocenters. The second-order valence-corrected chi connectivity index (χ2v) is 19.3. The van der Waals surface area contributed by atoms with Gasteiger partial charge in [0.05, 0.1) is 11.0 Å². The molecule has 0 spiro atoms. The summed E-state index contributed by atoms with van der Waals surface area (Å²) in [5.74, 6) is 0. The van der Waals surface area contributed by atoms with Crippen LogP contribution in [0.4, 0.5) is 34.1 Å². The van der Waals surface area contributed by atoms with Crippen LogP contribution in [0.3, 0.4) is 0 Å². The summed E-state index contributed by atoms with van der Waals surface area (Å²) in [6.07, 6.45) is 8.84. The summed E-state index contributed by atoms with van der Waals surface area (Å²) in [5, 5.41) is 5.15. The van der Waals surface area contributed by atoms with Gasteiger partial charge in [-0.15, -0.1) is 0 Å². The van der Waals surface area contributed by atoms with E-state index in [2.05, 4.69) is 277 Å². The Balaban J connectivity index is 0.885. The Kier molecular flexibility index (Phi) is 9.99. The van der Waals surface area contributed by atoms with Crippen molar-refractivity contribution in [1.82, 2.24) is 4.57 Å². The van der Waals surface area contributed by atoms with E-state index < -0.39 is 0 Å². The SMILES string of the molecule is CC1(C)c2ccccc2-c2cc(N(c3ccc(-c4ccc(N(c5ccccc5)c5ccccc5)cc4)cc3)c3ccc(-c4ccc5c(c4)c4c6ccccc6ccc4n5C4=CC=CCC4)cc3)ccc21. The molecule has 0 fully saturated rings. The van der Waals surface area contributed by atoms with Crippen LogP contribution < -0.4 is 9.80 Å². The summed E-state index contributed by atoms with van der Waals surface area (Å²) < 4.78 is 2.49. The molecule has 2 aliphatic rings. The molecule has 0 amide bonds. The highest BCUT2D eigenvalue weighted by molar-refractivity contribution is 6.22. The summed E-state index contributed by atoms with van der Waals surface area (Å²) in [7, 11) is 0. The summed E-state index contributed by atoms with van der Waals surface area (Å²) in [6, 6.07) is 84.8. The molecular formula is C67H51N3. The van der Waals surface area contributed by atoms with E-state index in [4.69, 9.17) is 0 Å². The van der Waals surface area contributed by atoms with Gasteiger partial charge in [-0.05, 0) is 165 Å². The van der Waals surface area contributed by atoms with Gasteiger partial charge in [-0.25, -0.2) is 0 Å². The van der Waals surface area contributed by atoms with Gasteiger partial charge in [-0.1, -0.05) is 166 Å². The van der Waals surface area contributed by atoms with Gasteiger partial charge in [-0.2, -0.15) is 0 Å². The maximum absolute atomic E-state index is 2.49. The normalized spacial score (nSPS) is 13.6. The van der Waals surface area contributed by atoms with Gasteiger partial charge in [0, 0.05) is 56.0 Å². The van der Waals surface area contributed by atoms with E-state index in [-0.39, 0.29) is 5.41 Å². The second-order valence-electron chi connectivity index (χ2n) is 19.3. The van der Waals surface area contributed by atoms with Crippen LogP contribution >= 0.6 is 0 Å². The molecule has 0 aliphatic heterocycles. The van der Waals surface area contributed by atoms with Gasteiger partial charge in [0.1, 0.15) is 0 Å². The Hall–Kier alpha value is -8.66. The lowest BCUT2D eigenvalue weighted by Crippen LogP contribution is -2.15. The average molecular weight is 898 g/mol. The first-order valence-corrected chi connectivity index (χ1v) is 24.6. The van der Waals surface area contributed by atoms with E-state index in [9.17, 15) is 0 Å². The predicted octanol–water partition coefficient (Wildman–Crippen LogP) is 18.7. The van der Waals surface area contributed by atoms with E-state index in [1.807, 2.05) is 0 Å². The summed E-state index contributed by atoms with van der Waals surface area (Å²) >= 11 is 0. The predicted molar refractivity (Wildman–Crippen MR) is 297 cm³/mol. The molecule has 13 rings (SSSR count). The van der Waals surface area contributed by atoms with Crippen LogP contribution in [0.1, 0.15) is 37.8 Å². The number of hydrogen-bond donors (Lipinski definition) is 0. The first-order valence-electron chi connectivity index (χ1n) is 24.6. The Labute approximate surface area is 410 Å². The summed E-state index contributed by atoms with van der Waals surface area (Å²) in [5.41, 5.74) is 20.6. The molecule has 1 aromatic heterocycles. The zero-order valence-electron chi connectivity index (χ0n) is 39.4. The van der Waals surface area contributed by atoms with Crippen molar-refractivity contribution in [2.24, 2.45) is 0 Å². The second kappa shape index (κ2) is 16.8. The molecule has 334 valence electrons. The molecule has 0 saturated carbocycles. The van der Waals surface area contributed by atoms with E-state index in [0.29, 0.717) is 0 Å². The van der Waals surface area contributed by atoms with Gasteiger partial charge < -0.3 is 14.4 Å². The fourth-order valence-electron chi connectivity index (χ4n) is 11.4. The molecular weight excluding hydrogens is 847 g/mol. The average Bonchev–Trinajstić information content (AvgIpc) is 3.88. The molecule has 70 heavy (non-hydrogen) atoms. The Morgan fingerprint density at radius 3 is 1.56 bits per heavy atom. The lowest BCUT2D eigenvalue weighted by molar-refractivity contribution is 0.660. The van der Waals surface area contributed by atoms with Crippen molar-refractivity contribution >= 4 is 72.4 Å². The summed E-state index contributed by atoms with van der Waals surface area (Å²) in [4.78, 5) is 4.72. The molecule has 10 aromatic carbocycles. The molecule has 3 heteroatoms. The minimum atomic E-state index is -0.0720. The highest BCUT2D eigenvalue weighted by Crippen LogP contribution is 2.51. The molecule has 0 unspecified atom stereocenters. The van der Waals surface area contributed by atoms with Crippen molar-refractivity contribution in [3.63, 3.8) is 0 Å². The molecule has 2 aliphatic carbocycles. The van der Waals surface area contributed by atoms with Crippen molar-refractivity contribution in [3.05, 3.63) is 260 Å². The van der Waals surface area contributed by atoms with Crippen LogP contribution in [0.5, 0.6) is 0 Å². The standard InChI is InChI=1S/C67H51N3/c1-67(2)62-25-15-14-24-59(62)60-45-57(40-41-63(60)67)69(55-36-28-47(29-37-55)46-26-34-54(35-27-46)68(51-17-6-3-7-18-51)52-19-8-4-9-20-52)56-38-30-48(31-39-56)50-33-42-64-61(44-50)66-58-23-13-12-16-49(58)32-43-65(66)70(64)53-21-10-5-11-22-53/h3-10,12-21,23-45H,11,22H2,1-2H3. The van der Waals surface area contributed by atoms with E-state index in [0.717, 1.165) is 47.0 Å². The van der Waals surface area contributed by atoms with Gasteiger partial charge in [0.2, 0.25) is 0 Å². The number of allylic oxidation sites excluding steroid dienone is 4. The monoisotopic (exact) mass is 897 g/mol. The van der Waals surface area contributed by atoms with Gasteiger partial charge in [-0.3, -0.25) is 0 Å². The van der Waals surface area contributed by atoms with E-state index in [1.165, 1.54) is 82.8 Å². The van der Waals surface area contributed by atoms with Crippen LogP contribution in [0.15, 0.2) is 249 Å². The Bertz CT molecular complexity index is 3780. The van der Waals surface area contributed by atoms with Crippen LogP contribution in [-0.4, -0.2) is 4.57 Å². The molecule has 1 heterocycles. The minimum absolute atomic E-state index is 0.0720. The number of fused-ring (bicyclic) bond motifs is 8. The fraction of sp³-hybridized carbons (Fsp3) is 0.0746. The van der Waals surface area contributed by atoms with Crippen LogP contribution in [0.2, 0.25) is 0 Å². The fourth-order valence-corrected chi connectivity index (χ4v) is 11.4. The molecule has 0 bridgehead atoms. The highest BCUT2D eigenvalue weighted by atomic mass is 15.1. The number of benzene rings is 10. The molecule has 0 N–H and O–H groups in total. The number of anilines is 6. The third-order valence-electron chi connectivity index (χ3n) is 14.8. The first kappa shape index (κ1) is 41.5. The zero-order chi connectivity index (χ0) is 46.8. The molecule has 3 nitrogen and oxygen atoms in total. The van der Waals surface area contributed by atoms with Crippen LogP contribution in [0.25, 0.3) is 71.7 Å². The lowest BCUT2D eigenvalue weighted by atomic mass is 9.82. The highest BCUT2D eigenvalue weighted by Gasteiger charge is 2.35. The van der Waals surface area contributed by atoms with E-state index >= 15 is 0 Å². The molecule has 0 radical (unpaired) electrons. The smallest absolute Gasteiger partial charge is 0.0544 e. The Morgan fingerprint density at radius 1 is 0.400 bits per heavy atom. The first-order chi connectivity index (χ1) is 34.5.